The highest BCUT2D eigenvalue weighted by Gasteiger charge is 2.32. The number of aromatic nitrogens is 1. The second-order valence-corrected chi connectivity index (χ2v) is 12.9. The van der Waals surface area contributed by atoms with Crippen LogP contribution in [0, 0.1) is 7.14 Å². The van der Waals surface area contributed by atoms with Crippen molar-refractivity contribution in [2.75, 3.05) is 0 Å². The summed E-state index contributed by atoms with van der Waals surface area (Å²) in [7, 11) is 0. The third-order valence-electron chi connectivity index (χ3n) is 6.63. The molecule has 190 valence electrons. The molecule has 9 heteroatoms. The number of allylic oxidation sites excluding steroid dienone is 1. The van der Waals surface area contributed by atoms with Gasteiger partial charge in [0, 0.05) is 26.6 Å². The minimum absolute atomic E-state index is 0.123. The first kappa shape index (κ1) is 26.0. The fourth-order valence-electron chi connectivity index (χ4n) is 5.05. The number of aryl methyl sites for hydroxylation is 1. The Morgan fingerprint density at radius 3 is 2.66 bits per heavy atom. The predicted molar refractivity (Wildman–Crippen MR) is 167 cm³/mol. The van der Waals surface area contributed by atoms with Crippen molar-refractivity contribution in [3.8, 4) is 5.75 Å². The molecule has 2 aliphatic rings. The Bertz CT molecular complexity index is 1840. The monoisotopic (exact) mass is 764 g/mol. The fourth-order valence-corrected chi connectivity index (χ4v) is 8.17. The third kappa shape index (κ3) is 4.69. The van der Waals surface area contributed by atoms with Gasteiger partial charge in [0.05, 0.1) is 19.8 Å². The van der Waals surface area contributed by atoms with Crippen molar-refractivity contribution < 1.29 is 9.53 Å². The lowest BCUT2D eigenvalue weighted by Gasteiger charge is -2.30. The minimum Gasteiger partial charge on any atom is -0.425 e. The van der Waals surface area contributed by atoms with Crippen LogP contribution in [0.15, 0.2) is 76.0 Å². The maximum atomic E-state index is 14.0. The number of carbonyl (C=O) groups is 1. The van der Waals surface area contributed by atoms with Crippen LogP contribution in [0.1, 0.15) is 41.6 Å². The number of esters is 1. The van der Waals surface area contributed by atoms with E-state index in [0.717, 1.165) is 42.4 Å². The molecule has 0 saturated heterocycles. The van der Waals surface area contributed by atoms with Crippen LogP contribution in [0.25, 0.3) is 11.8 Å². The number of hydrogen-bond acceptors (Lipinski definition) is 5. The quantitative estimate of drug-likeness (QED) is 0.144. The normalized spacial score (nSPS) is 16.4. The average molecular weight is 765 g/mol. The number of nitrogens with zero attached hydrogens (tertiary/aromatic N) is 2. The molecule has 0 unspecified atom stereocenters. The van der Waals surface area contributed by atoms with Gasteiger partial charge >= 0.3 is 5.97 Å². The van der Waals surface area contributed by atoms with E-state index in [2.05, 4.69) is 63.4 Å². The van der Waals surface area contributed by atoms with Crippen molar-refractivity contribution in [2.24, 2.45) is 4.99 Å². The van der Waals surface area contributed by atoms with Crippen LogP contribution in [0.5, 0.6) is 5.75 Å². The SMILES string of the molecule is CC(=O)Oc1c(I)cc(I)cc1/C=c1/sc2n(c1=O)[C@@H](c1ccc(Cl)cc1)C1=C(N=2)c2ccccc2CC1. The molecule has 1 aliphatic heterocycles. The molecule has 0 amide bonds. The number of ether oxygens (including phenoxy) is 1. The zero-order valence-electron chi connectivity index (χ0n) is 20.0. The van der Waals surface area contributed by atoms with Crippen LogP contribution in [0.4, 0.5) is 0 Å². The van der Waals surface area contributed by atoms with E-state index in [0.29, 0.717) is 25.7 Å². The molecular weight excluding hydrogens is 746 g/mol. The molecule has 1 aliphatic carbocycles. The first-order chi connectivity index (χ1) is 18.3. The molecule has 2 heterocycles. The van der Waals surface area contributed by atoms with Crippen molar-refractivity contribution in [2.45, 2.75) is 25.8 Å². The Hall–Kier alpha value is -2.28. The highest BCUT2D eigenvalue weighted by atomic mass is 127. The Morgan fingerprint density at radius 2 is 1.89 bits per heavy atom. The van der Waals surface area contributed by atoms with Gasteiger partial charge in [-0.05, 0) is 105 Å². The largest absolute Gasteiger partial charge is 0.425 e. The number of hydrogen-bond donors (Lipinski definition) is 0. The summed E-state index contributed by atoms with van der Waals surface area (Å²) in [6.45, 7) is 1.38. The minimum atomic E-state index is -0.408. The molecule has 0 N–H and O–H groups in total. The standard InChI is InChI=1S/C29H19ClI2N2O3S/c1-15(35)37-27-18(12-20(31)14-23(27)32)13-24-28(36)34-26(17-6-9-19(30)10-7-17)22-11-8-16-4-2-3-5-21(16)25(22)33-29(34)38-24/h2-7,9-10,12-14,26H,8,11H2,1H3/b24-13+/t26-/m0/s1. The van der Waals surface area contributed by atoms with E-state index >= 15 is 0 Å². The molecule has 4 aromatic rings. The molecule has 0 radical (unpaired) electrons. The first-order valence-corrected chi connectivity index (χ1v) is 15.2. The topological polar surface area (TPSA) is 60.7 Å². The summed E-state index contributed by atoms with van der Waals surface area (Å²) < 4.78 is 9.65. The molecule has 38 heavy (non-hydrogen) atoms. The van der Waals surface area contributed by atoms with Gasteiger partial charge < -0.3 is 4.74 Å². The lowest BCUT2D eigenvalue weighted by atomic mass is 9.83. The number of rotatable bonds is 3. The zero-order valence-corrected chi connectivity index (χ0v) is 25.9. The second-order valence-electron chi connectivity index (χ2n) is 9.06. The van der Waals surface area contributed by atoms with Crippen molar-refractivity contribution in [1.29, 1.82) is 0 Å². The molecule has 0 spiro atoms. The smallest absolute Gasteiger partial charge is 0.308 e. The average Bonchev–Trinajstić information content (AvgIpc) is 3.19. The number of benzene rings is 3. The van der Waals surface area contributed by atoms with E-state index in [4.69, 9.17) is 21.3 Å². The van der Waals surface area contributed by atoms with Gasteiger partial charge in [0.25, 0.3) is 5.56 Å². The van der Waals surface area contributed by atoms with Gasteiger partial charge in [-0.25, -0.2) is 4.99 Å². The number of fused-ring (bicyclic) bond motifs is 3. The van der Waals surface area contributed by atoms with Crippen LogP contribution in [0.3, 0.4) is 0 Å². The summed E-state index contributed by atoms with van der Waals surface area (Å²) in [5, 5.41) is 0.649. The molecular formula is C29H19ClI2N2O3S. The Labute approximate surface area is 254 Å². The predicted octanol–water partition coefficient (Wildman–Crippen LogP) is 6.11. The van der Waals surface area contributed by atoms with E-state index in [9.17, 15) is 9.59 Å². The highest BCUT2D eigenvalue weighted by molar-refractivity contribution is 14.1. The van der Waals surface area contributed by atoms with Gasteiger partial charge in [0.15, 0.2) is 10.6 Å². The molecule has 5 nitrogen and oxygen atoms in total. The van der Waals surface area contributed by atoms with Crippen LogP contribution in [0.2, 0.25) is 5.02 Å². The Morgan fingerprint density at radius 1 is 1.13 bits per heavy atom. The van der Waals surface area contributed by atoms with Crippen molar-refractivity contribution in [3.05, 3.63) is 120 Å². The Kier molecular flexibility index (Phi) is 7.08. The van der Waals surface area contributed by atoms with Gasteiger partial charge in [-0.1, -0.05) is 59.3 Å². The van der Waals surface area contributed by atoms with Crippen molar-refractivity contribution in [1.82, 2.24) is 4.57 Å². The first-order valence-electron chi connectivity index (χ1n) is 11.9. The Balaban J connectivity index is 1.62. The molecule has 0 saturated carbocycles. The third-order valence-corrected chi connectivity index (χ3v) is 9.29. The van der Waals surface area contributed by atoms with Crippen molar-refractivity contribution in [3.63, 3.8) is 0 Å². The van der Waals surface area contributed by atoms with Gasteiger partial charge in [-0.2, -0.15) is 0 Å². The number of thiazole rings is 1. The van der Waals surface area contributed by atoms with Gasteiger partial charge in [0.1, 0.15) is 0 Å². The summed E-state index contributed by atoms with van der Waals surface area (Å²) in [6.07, 6.45) is 3.52. The van der Waals surface area contributed by atoms with Crippen molar-refractivity contribution >= 4 is 85.9 Å². The number of halogens is 3. The number of carbonyl (C=O) groups excluding carboxylic acids is 1. The summed E-state index contributed by atoms with van der Waals surface area (Å²) >= 11 is 11.9. The highest BCUT2D eigenvalue weighted by Crippen LogP contribution is 2.41. The zero-order chi connectivity index (χ0) is 26.6. The van der Waals surface area contributed by atoms with Gasteiger partial charge in [0.2, 0.25) is 0 Å². The molecule has 0 fully saturated rings. The lowest BCUT2D eigenvalue weighted by molar-refractivity contribution is -0.131. The molecule has 3 aromatic carbocycles. The molecule has 1 atom stereocenters. The van der Waals surface area contributed by atoms with Gasteiger partial charge in [-0.3, -0.25) is 14.2 Å². The summed E-state index contributed by atoms with van der Waals surface area (Å²) in [4.78, 5) is 31.5. The molecule has 1 aromatic heterocycles. The van der Waals surface area contributed by atoms with Crippen LogP contribution in [-0.4, -0.2) is 10.5 Å². The van der Waals surface area contributed by atoms with Gasteiger partial charge in [-0.15, -0.1) is 0 Å². The molecule has 0 bridgehead atoms. The summed E-state index contributed by atoms with van der Waals surface area (Å²) in [5.41, 5.74) is 6.02. The van der Waals surface area contributed by atoms with E-state index in [1.54, 1.807) is 4.57 Å². The fraction of sp³-hybridized carbons (Fsp3) is 0.138. The lowest BCUT2D eigenvalue weighted by Crippen LogP contribution is -2.38. The second kappa shape index (κ2) is 10.4. The molecule has 6 rings (SSSR count). The van der Waals surface area contributed by atoms with Crippen LogP contribution < -0.4 is 19.6 Å². The van der Waals surface area contributed by atoms with Crippen LogP contribution >= 0.6 is 68.1 Å². The summed E-state index contributed by atoms with van der Waals surface area (Å²) in [6, 6.07) is 19.6. The summed E-state index contributed by atoms with van der Waals surface area (Å²) in [5.74, 6) is 0.0427. The maximum Gasteiger partial charge on any atom is 0.308 e. The van der Waals surface area contributed by atoms with E-state index in [-0.39, 0.29) is 11.6 Å². The van der Waals surface area contributed by atoms with E-state index < -0.39 is 5.97 Å². The van der Waals surface area contributed by atoms with E-state index in [1.807, 2.05) is 48.5 Å². The van der Waals surface area contributed by atoms with Crippen LogP contribution in [-0.2, 0) is 11.2 Å². The van der Waals surface area contributed by atoms with E-state index in [1.165, 1.54) is 23.8 Å². The maximum absolute atomic E-state index is 14.0.